The lowest BCUT2D eigenvalue weighted by Gasteiger charge is -2.31. The van der Waals surface area contributed by atoms with Crippen LogP contribution in [0.1, 0.15) is 30.0 Å². The zero-order chi connectivity index (χ0) is 25.0. The average Bonchev–Trinajstić information content (AvgIpc) is 2.91. The van der Waals surface area contributed by atoms with E-state index in [4.69, 9.17) is 9.47 Å². The molecule has 2 amide bonds. The lowest BCUT2D eigenvalue weighted by Crippen LogP contribution is -2.50. The maximum absolute atomic E-state index is 13.4. The first-order chi connectivity index (χ1) is 17.0. The average molecular weight is 475 g/mol. The fraction of sp³-hybridized carbons (Fsp3) is 0.310. The highest BCUT2D eigenvalue weighted by molar-refractivity contribution is 5.88. The fourth-order valence-electron chi connectivity index (χ4n) is 3.92. The van der Waals surface area contributed by atoms with E-state index in [9.17, 15) is 9.59 Å². The predicted octanol–water partition coefficient (Wildman–Crippen LogP) is 4.41. The van der Waals surface area contributed by atoms with Gasteiger partial charge in [-0.05, 0) is 47.4 Å². The van der Waals surface area contributed by atoms with Crippen LogP contribution in [0.25, 0.3) is 0 Å². The zero-order valence-electron chi connectivity index (χ0n) is 20.7. The first-order valence-corrected chi connectivity index (χ1v) is 11.9. The molecule has 1 N–H and O–H groups in total. The van der Waals surface area contributed by atoms with E-state index in [1.165, 1.54) is 0 Å². The van der Waals surface area contributed by atoms with Gasteiger partial charge in [0.05, 0.1) is 14.2 Å². The molecular formula is C29H34N2O4. The molecule has 0 heterocycles. The Balaban J connectivity index is 1.77. The zero-order valence-corrected chi connectivity index (χ0v) is 20.7. The number of methoxy groups -OCH3 is 2. The molecule has 35 heavy (non-hydrogen) atoms. The molecule has 1 atom stereocenters. The maximum atomic E-state index is 13.4. The second kappa shape index (κ2) is 13.2. The molecule has 3 rings (SSSR count). The molecule has 6 heteroatoms. The summed E-state index contributed by atoms with van der Waals surface area (Å²) in [6, 6.07) is 24.6. The highest BCUT2D eigenvalue weighted by Crippen LogP contribution is 2.18. The molecule has 3 aromatic carbocycles. The number of ether oxygens (including phenoxy) is 2. The van der Waals surface area contributed by atoms with Gasteiger partial charge in [-0.2, -0.15) is 0 Å². The Morgan fingerprint density at radius 3 is 1.91 bits per heavy atom. The number of hydrogen-bond acceptors (Lipinski definition) is 4. The Kier molecular flexibility index (Phi) is 9.72. The monoisotopic (exact) mass is 474 g/mol. The number of amides is 2. The molecule has 0 fully saturated rings. The molecule has 0 saturated carbocycles. The number of carbonyl (C=O) groups is 2. The Labute approximate surface area is 207 Å². The molecule has 184 valence electrons. The quantitative estimate of drug-likeness (QED) is 0.422. The van der Waals surface area contributed by atoms with Crippen LogP contribution in [-0.4, -0.2) is 43.5 Å². The molecular weight excluding hydrogens is 440 g/mol. The number of rotatable bonds is 12. The smallest absolute Gasteiger partial charge is 0.243 e. The van der Waals surface area contributed by atoms with Gasteiger partial charge in [0.15, 0.2) is 0 Å². The third kappa shape index (κ3) is 7.60. The Hall–Kier alpha value is -3.80. The van der Waals surface area contributed by atoms with Crippen molar-refractivity contribution in [2.45, 2.75) is 38.8 Å². The summed E-state index contributed by atoms with van der Waals surface area (Å²) in [6.07, 6.45) is 1.45. The first-order valence-electron chi connectivity index (χ1n) is 11.9. The molecule has 0 aliphatic rings. The van der Waals surface area contributed by atoms with Crippen molar-refractivity contribution in [3.8, 4) is 11.5 Å². The highest BCUT2D eigenvalue weighted by Gasteiger charge is 2.29. The SMILES string of the molecule is CCC(=O)N(Cc1ccc(OC)cc1)[C@H](Cc1ccccc1)C(=O)NCCc1ccc(OC)cc1. The maximum Gasteiger partial charge on any atom is 0.243 e. The van der Waals surface area contributed by atoms with Crippen LogP contribution < -0.4 is 14.8 Å². The van der Waals surface area contributed by atoms with Gasteiger partial charge in [0, 0.05) is 25.9 Å². The molecule has 0 saturated heterocycles. The van der Waals surface area contributed by atoms with Crippen molar-refractivity contribution >= 4 is 11.8 Å². The summed E-state index contributed by atoms with van der Waals surface area (Å²) in [5, 5.41) is 3.06. The summed E-state index contributed by atoms with van der Waals surface area (Å²) in [6.45, 7) is 2.65. The van der Waals surface area contributed by atoms with Crippen LogP contribution in [0, 0.1) is 0 Å². The van der Waals surface area contributed by atoms with Gasteiger partial charge in [-0.1, -0.05) is 61.5 Å². The minimum Gasteiger partial charge on any atom is -0.497 e. The van der Waals surface area contributed by atoms with Gasteiger partial charge in [-0.25, -0.2) is 0 Å². The van der Waals surface area contributed by atoms with E-state index in [0.29, 0.717) is 32.4 Å². The molecule has 0 bridgehead atoms. The van der Waals surface area contributed by atoms with E-state index >= 15 is 0 Å². The van der Waals surface area contributed by atoms with E-state index < -0.39 is 6.04 Å². The summed E-state index contributed by atoms with van der Waals surface area (Å²) in [7, 11) is 3.26. The minimum atomic E-state index is -0.622. The second-order valence-electron chi connectivity index (χ2n) is 8.32. The van der Waals surface area contributed by atoms with Crippen LogP contribution in [0.2, 0.25) is 0 Å². The molecule has 0 aliphatic heterocycles. The molecule has 0 radical (unpaired) electrons. The van der Waals surface area contributed by atoms with Crippen LogP contribution >= 0.6 is 0 Å². The van der Waals surface area contributed by atoms with E-state index in [1.54, 1.807) is 19.1 Å². The van der Waals surface area contributed by atoms with Crippen molar-refractivity contribution in [3.63, 3.8) is 0 Å². The van der Waals surface area contributed by atoms with Gasteiger partial charge in [0.1, 0.15) is 17.5 Å². The van der Waals surface area contributed by atoms with E-state index in [1.807, 2.05) is 85.8 Å². The van der Waals surface area contributed by atoms with Crippen molar-refractivity contribution in [2.24, 2.45) is 0 Å². The number of benzene rings is 3. The summed E-state index contributed by atoms with van der Waals surface area (Å²) >= 11 is 0. The van der Waals surface area contributed by atoms with Crippen LogP contribution in [0.15, 0.2) is 78.9 Å². The van der Waals surface area contributed by atoms with Crippen LogP contribution in [0.4, 0.5) is 0 Å². The Morgan fingerprint density at radius 1 is 0.800 bits per heavy atom. The standard InChI is InChI=1S/C29H34N2O4/c1-4-28(32)31(21-24-12-16-26(35-3)17-13-24)27(20-23-8-6-5-7-9-23)29(33)30-19-18-22-10-14-25(34-2)15-11-22/h5-17,27H,4,18-21H2,1-3H3,(H,30,33)/t27-/m1/s1. The van der Waals surface area contributed by atoms with Gasteiger partial charge in [-0.15, -0.1) is 0 Å². The molecule has 0 unspecified atom stereocenters. The molecule has 3 aromatic rings. The Bertz CT molecular complexity index is 1070. The van der Waals surface area contributed by atoms with Crippen molar-refractivity contribution in [1.82, 2.24) is 10.2 Å². The lowest BCUT2D eigenvalue weighted by atomic mass is 10.0. The van der Waals surface area contributed by atoms with Gasteiger partial charge in [0.25, 0.3) is 0 Å². The summed E-state index contributed by atoms with van der Waals surface area (Å²) in [4.78, 5) is 28.2. The highest BCUT2D eigenvalue weighted by atomic mass is 16.5. The molecule has 0 spiro atoms. The van der Waals surface area contributed by atoms with E-state index in [-0.39, 0.29) is 11.8 Å². The molecule has 6 nitrogen and oxygen atoms in total. The first kappa shape index (κ1) is 25.8. The lowest BCUT2D eigenvalue weighted by molar-refractivity contribution is -0.141. The number of nitrogens with one attached hydrogen (secondary N) is 1. The van der Waals surface area contributed by atoms with Gasteiger partial charge in [-0.3, -0.25) is 9.59 Å². The van der Waals surface area contributed by atoms with E-state index in [0.717, 1.165) is 28.2 Å². The Morgan fingerprint density at radius 2 is 1.37 bits per heavy atom. The van der Waals surface area contributed by atoms with Gasteiger partial charge in [0.2, 0.25) is 11.8 Å². The topological polar surface area (TPSA) is 67.9 Å². The number of hydrogen-bond donors (Lipinski definition) is 1. The van der Waals surface area contributed by atoms with Crippen LogP contribution in [0.3, 0.4) is 0 Å². The van der Waals surface area contributed by atoms with Crippen molar-refractivity contribution < 1.29 is 19.1 Å². The van der Waals surface area contributed by atoms with E-state index in [2.05, 4.69) is 5.32 Å². The number of nitrogens with zero attached hydrogens (tertiary/aromatic N) is 1. The van der Waals surface area contributed by atoms with Gasteiger partial charge >= 0.3 is 0 Å². The fourth-order valence-corrected chi connectivity index (χ4v) is 3.92. The van der Waals surface area contributed by atoms with Crippen molar-refractivity contribution in [1.29, 1.82) is 0 Å². The van der Waals surface area contributed by atoms with Crippen molar-refractivity contribution in [2.75, 3.05) is 20.8 Å². The second-order valence-corrected chi connectivity index (χ2v) is 8.32. The van der Waals surface area contributed by atoms with Crippen LogP contribution in [0.5, 0.6) is 11.5 Å². The predicted molar refractivity (Wildman–Crippen MR) is 137 cm³/mol. The normalized spacial score (nSPS) is 11.4. The summed E-state index contributed by atoms with van der Waals surface area (Å²) in [5.74, 6) is 1.33. The van der Waals surface area contributed by atoms with Crippen molar-refractivity contribution in [3.05, 3.63) is 95.6 Å². The largest absolute Gasteiger partial charge is 0.497 e. The number of carbonyl (C=O) groups excluding carboxylic acids is 2. The molecule has 0 aromatic heterocycles. The third-order valence-electron chi connectivity index (χ3n) is 5.96. The minimum absolute atomic E-state index is 0.0629. The summed E-state index contributed by atoms with van der Waals surface area (Å²) < 4.78 is 10.5. The van der Waals surface area contributed by atoms with Crippen LogP contribution in [-0.2, 0) is 29.0 Å². The summed E-state index contributed by atoms with van der Waals surface area (Å²) in [5.41, 5.74) is 3.05. The molecule has 0 aliphatic carbocycles. The third-order valence-corrected chi connectivity index (χ3v) is 5.96. The van der Waals surface area contributed by atoms with Gasteiger partial charge < -0.3 is 19.7 Å².